The molecule has 3 aromatic heterocycles. The minimum absolute atomic E-state index is 0.118. The standard InChI is InChI=1S/C22H28N4O3/c1-12(2)26-21-18(11-24-26)17(22(28)23-10-15-6-5-7-20(15)27)9-19(25-21)16-8-13(3)29-14(16)4/h8-9,11-12,15,20,27H,5-7,10H2,1-4H3,(H,23,28)/t15-,20-/m1/s1. The van der Waals surface area contributed by atoms with E-state index in [4.69, 9.17) is 9.40 Å². The molecule has 1 aliphatic rings. The Morgan fingerprint density at radius 1 is 1.34 bits per heavy atom. The van der Waals surface area contributed by atoms with E-state index in [0.717, 1.165) is 41.7 Å². The van der Waals surface area contributed by atoms with E-state index in [0.29, 0.717) is 23.4 Å². The van der Waals surface area contributed by atoms with Crippen LogP contribution < -0.4 is 5.32 Å². The number of fused-ring (bicyclic) bond motifs is 1. The van der Waals surface area contributed by atoms with E-state index >= 15 is 0 Å². The highest BCUT2D eigenvalue weighted by Gasteiger charge is 2.26. The predicted molar refractivity (Wildman–Crippen MR) is 111 cm³/mol. The van der Waals surface area contributed by atoms with E-state index in [2.05, 4.69) is 10.4 Å². The van der Waals surface area contributed by atoms with Gasteiger partial charge in [-0.25, -0.2) is 9.67 Å². The second-order valence-corrected chi connectivity index (χ2v) is 8.27. The van der Waals surface area contributed by atoms with Crippen molar-refractivity contribution in [1.82, 2.24) is 20.1 Å². The monoisotopic (exact) mass is 396 g/mol. The van der Waals surface area contributed by atoms with Gasteiger partial charge in [-0.1, -0.05) is 6.42 Å². The lowest BCUT2D eigenvalue weighted by atomic mass is 10.0. The molecule has 1 amide bonds. The average Bonchev–Trinajstić information content (AvgIpc) is 3.37. The zero-order chi connectivity index (χ0) is 20.7. The third kappa shape index (κ3) is 3.67. The van der Waals surface area contributed by atoms with Crippen LogP contribution >= 0.6 is 0 Å². The van der Waals surface area contributed by atoms with Gasteiger partial charge in [0.05, 0.1) is 28.9 Å². The number of aryl methyl sites for hydroxylation is 2. The SMILES string of the molecule is Cc1cc(-c2cc(C(=O)NC[C@H]3CCC[C@H]3O)c3cnn(C(C)C)c3n2)c(C)o1. The van der Waals surface area contributed by atoms with Gasteiger partial charge in [-0.3, -0.25) is 4.79 Å². The van der Waals surface area contributed by atoms with Crippen LogP contribution in [0.4, 0.5) is 0 Å². The number of amides is 1. The van der Waals surface area contributed by atoms with Crippen molar-refractivity contribution in [2.24, 2.45) is 5.92 Å². The molecule has 3 aromatic rings. The number of hydrogen-bond donors (Lipinski definition) is 2. The fraction of sp³-hybridized carbons (Fsp3) is 0.500. The van der Waals surface area contributed by atoms with Crippen LogP contribution in [0.3, 0.4) is 0 Å². The summed E-state index contributed by atoms with van der Waals surface area (Å²) in [5.41, 5.74) is 2.80. The molecule has 7 heteroatoms. The second kappa shape index (κ2) is 7.63. The number of hydrogen-bond acceptors (Lipinski definition) is 5. The van der Waals surface area contributed by atoms with Crippen LogP contribution in [0.15, 0.2) is 22.7 Å². The molecule has 7 nitrogen and oxygen atoms in total. The number of aliphatic hydroxyl groups is 1. The zero-order valence-electron chi connectivity index (χ0n) is 17.4. The lowest BCUT2D eigenvalue weighted by Crippen LogP contribution is -2.32. The van der Waals surface area contributed by atoms with Crippen molar-refractivity contribution in [3.05, 3.63) is 35.4 Å². The van der Waals surface area contributed by atoms with E-state index in [1.165, 1.54) is 0 Å². The molecule has 1 aliphatic carbocycles. The van der Waals surface area contributed by atoms with Gasteiger partial charge in [0.15, 0.2) is 5.65 Å². The Kier molecular flexibility index (Phi) is 5.17. The summed E-state index contributed by atoms with van der Waals surface area (Å²) in [5.74, 6) is 1.52. The van der Waals surface area contributed by atoms with Gasteiger partial charge >= 0.3 is 0 Å². The number of furan rings is 1. The van der Waals surface area contributed by atoms with E-state index in [-0.39, 0.29) is 24.0 Å². The van der Waals surface area contributed by atoms with Crippen molar-refractivity contribution in [3.63, 3.8) is 0 Å². The van der Waals surface area contributed by atoms with Crippen molar-refractivity contribution in [1.29, 1.82) is 0 Å². The molecule has 29 heavy (non-hydrogen) atoms. The summed E-state index contributed by atoms with van der Waals surface area (Å²) in [6, 6.07) is 3.87. The minimum Gasteiger partial charge on any atom is -0.466 e. The fourth-order valence-corrected chi connectivity index (χ4v) is 4.18. The summed E-state index contributed by atoms with van der Waals surface area (Å²) in [4.78, 5) is 17.9. The van der Waals surface area contributed by atoms with Gasteiger partial charge in [0.1, 0.15) is 11.5 Å². The highest BCUT2D eigenvalue weighted by Crippen LogP contribution is 2.30. The van der Waals surface area contributed by atoms with Crippen LogP contribution in [-0.4, -0.2) is 38.4 Å². The van der Waals surface area contributed by atoms with Crippen molar-refractivity contribution in [2.75, 3.05) is 6.54 Å². The van der Waals surface area contributed by atoms with Gasteiger partial charge in [-0.2, -0.15) is 5.10 Å². The maximum absolute atomic E-state index is 13.1. The maximum atomic E-state index is 13.1. The first-order valence-electron chi connectivity index (χ1n) is 10.3. The summed E-state index contributed by atoms with van der Waals surface area (Å²) in [7, 11) is 0. The van der Waals surface area contributed by atoms with Gasteiger partial charge < -0.3 is 14.8 Å². The molecule has 0 radical (unpaired) electrons. The van der Waals surface area contributed by atoms with Crippen molar-refractivity contribution in [3.8, 4) is 11.3 Å². The van der Waals surface area contributed by atoms with Gasteiger partial charge in [-0.05, 0) is 52.7 Å². The highest BCUT2D eigenvalue weighted by molar-refractivity contribution is 6.06. The third-order valence-corrected chi connectivity index (χ3v) is 5.76. The average molecular weight is 396 g/mol. The Labute approximate surface area is 170 Å². The van der Waals surface area contributed by atoms with Crippen molar-refractivity contribution >= 4 is 16.9 Å². The molecule has 4 rings (SSSR count). The summed E-state index contributed by atoms with van der Waals surface area (Å²) in [6.45, 7) is 8.34. The molecule has 0 aromatic carbocycles. The topological polar surface area (TPSA) is 93.2 Å². The number of carbonyl (C=O) groups is 1. The largest absolute Gasteiger partial charge is 0.466 e. The van der Waals surface area contributed by atoms with Gasteiger partial charge in [0.2, 0.25) is 0 Å². The smallest absolute Gasteiger partial charge is 0.252 e. The molecule has 2 N–H and O–H groups in total. The van der Waals surface area contributed by atoms with Crippen molar-refractivity contribution in [2.45, 2.75) is 59.1 Å². The predicted octanol–water partition coefficient (Wildman–Crippen LogP) is 3.78. The quantitative estimate of drug-likeness (QED) is 0.685. The van der Waals surface area contributed by atoms with E-state index in [9.17, 15) is 9.90 Å². The molecule has 3 heterocycles. The molecule has 0 aliphatic heterocycles. The number of aromatic nitrogens is 3. The normalized spacial score (nSPS) is 19.4. The number of pyridine rings is 1. The summed E-state index contributed by atoms with van der Waals surface area (Å²) in [5, 5.41) is 18.2. The Bertz CT molecular complexity index is 1050. The van der Waals surface area contributed by atoms with Crippen LogP contribution in [0.2, 0.25) is 0 Å². The number of nitrogens with one attached hydrogen (secondary N) is 1. The van der Waals surface area contributed by atoms with E-state index in [1.54, 1.807) is 6.20 Å². The molecule has 1 saturated carbocycles. The lowest BCUT2D eigenvalue weighted by Gasteiger charge is -2.16. The first kappa shape index (κ1) is 19.6. The Morgan fingerprint density at radius 2 is 2.14 bits per heavy atom. The zero-order valence-corrected chi connectivity index (χ0v) is 17.4. The number of aliphatic hydroxyl groups excluding tert-OH is 1. The van der Waals surface area contributed by atoms with Crippen LogP contribution in [0.1, 0.15) is 61.0 Å². The van der Waals surface area contributed by atoms with E-state index < -0.39 is 0 Å². The lowest BCUT2D eigenvalue weighted by molar-refractivity contribution is 0.0918. The molecule has 1 fully saturated rings. The molecule has 0 bridgehead atoms. The summed E-state index contributed by atoms with van der Waals surface area (Å²) < 4.78 is 7.51. The Balaban J connectivity index is 1.75. The summed E-state index contributed by atoms with van der Waals surface area (Å²) >= 11 is 0. The van der Waals surface area contributed by atoms with Gasteiger partial charge in [0, 0.05) is 24.1 Å². The Morgan fingerprint density at radius 3 is 2.76 bits per heavy atom. The molecule has 2 atom stereocenters. The molecular weight excluding hydrogens is 368 g/mol. The fourth-order valence-electron chi connectivity index (χ4n) is 4.18. The van der Waals surface area contributed by atoms with Crippen LogP contribution in [-0.2, 0) is 0 Å². The van der Waals surface area contributed by atoms with Crippen LogP contribution in [0.25, 0.3) is 22.3 Å². The van der Waals surface area contributed by atoms with Crippen molar-refractivity contribution < 1.29 is 14.3 Å². The number of nitrogens with zero attached hydrogens (tertiary/aromatic N) is 3. The molecule has 0 saturated heterocycles. The van der Waals surface area contributed by atoms with Gasteiger partial charge in [0.25, 0.3) is 5.91 Å². The third-order valence-electron chi connectivity index (χ3n) is 5.76. The van der Waals surface area contributed by atoms with E-state index in [1.807, 2.05) is 44.5 Å². The molecule has 0 spiro atoms. The minimum atomic E-state index is -0.330. The van der Waals surface area contributed by atoms with Gasteiger partial charge in [-0.15, -0.1) is 0 Å². The number of carbonyl (C=O) groups excluding carboxylic acids is 1. The maximum Gasteiger partial charge on any atom is 0.252 e. The second-order valence-electron chi connectivity index (χ2n) is 8.27. The summed E-state index contributed by atoms with van der Waals surface area (Å²) in [6.07, 6.45) is 4.13. The first-order valence-corrected chi connectivity index (χ1v) is 10.3. The molecule has 0 unspecified atom stereocenters. The van der Waals surface area contributed by atoms with Crippen LogP contribution in [0, 0.1) is 19.8 Å². The number of rotatable bonds is 5. The van der Waals surface area contributed by atoms with Crippen LogP contribution in [0.5, 0.6) is 0 Å². The first-order chi connectivity index (χ1) is 13.8. The highest BCUT2D eigenvalue weighted by atomic mass is 16.3. The molecular formula is C22H28N4O3. The molecule has 154 valence electrons. The Hall–Kier alpha value is -2.67.